The minimum absolute atomic E-state index is 0.449. The van der Waals surface area contributed by atoms with Gasteiger partial charge in [-0.1, -0.05) is 32.1 Å². The number of fused-ring (bicyclic) bond motifs is 1. The summed E-state index contributed by atoms with van der Waals surface area (Å²) in [6.07, 6.45) is 8.51. The van der Waals surface area contributed by atoms with Crippen molar-refractivity contribution in [3.63, 3.8) is 0 Å². The zero-order valence-electron chi connectivity index (χ0n) is 12.7. The summed E-state index contributed by atoms with van der Waals surface area (Å²) in [5.74, 6) is 1.07. The highest BCUT2D eigenvalue weighted by Crippen LogP contribution is 2.42. The number of imidazole rings is 1. The molecule has 0 amide bonds. The molecule has 0 spiro atoms. The Balaban J connectivity index is 2.00. The Morgan fingerprint density at radius 1 is 1.48 bits per heavy atom. The molecule has 2 aromatic rings. The Bertz CT molecular complexity index is 736. The lowest BCUT2D eigenvalue weighted by Gasteiger charge is -2.07. The van der Waals surface area contributed by atoms with Crippen LogP contribution in [0.3, 0.4) is 0 Å². The molecule has 1 saturated carbocycles. The van der Waals surface area contributed by atoms with Gasteiger partial charge in [0.25, 0.3) is 0 Å². The average Bonchev–Trinajstić information content (AvgIpc) is 3.23. The molecule has 1 fully saturated rings. The summed E-state index contributed by atoms with van der Waals surface area (Å²) >= 11 is 3.69. The molecular weight excluding hydrogens is 326 g/mol. The summed E-state index contributed by atoms with van der Waals surface area (Å²) < 4.78 is 3.16. The second-order valence-corrected chi connectivity index (χ2v) is 6.87. The van der Waals surface area contributed by atoms with Crippen molar-refractivity contribution in [3.8, 4) is 0 Å². The third-order valence-electron chi connectivity index (χ3n) is 3.99. The second-order valence-electron chi connectivity index (χ2n) is 6.12. The zero-order chi connectivity index (χ0) is 15.1. The van der Waals surface area contributed by atoms with Crippen LogP contribution in [0.5, 0.6) is 0 Å². The molecule has 0 N–H and O–H groups in total. The molecule has 0 radical (unpaired) electrons. The SMILES string of the molecule is C=C(/C=C(\C)c1cn2c(Br)c(C3CC3)nc2cn1)C(C)C. The fourth-order valence-electron chi connectivity index (χ4n) is 2.28. The summed E-state index contributed by atoms with van der Waals surface area (Å²) in [6, 6.07) is 0. The summed E-state index contributed by atoms with van der Waals surface area (Å²) in [5, 5.41) is 0. The van der Waals surface area contributed by atoms with Crippen molar-refractivity contribution in [2.45, 2.75) is 39.5 Å². The summed E-state index contributed by atoms with van der Waals surface area (Å²) in [6.45, 7) is 10.5. The van der Waals surface area contributed by atoms with Gasteiger partial charge in [0.15, 0.2) is 5.65 Å². The predicted octanol–water partition coefficient (Wildman–Crippen LogP) is 4.98. The molecule has 1 aliphatic carbocycles. The van der Waals surface area contributed by atoms with E-state index in [1.165, 1.54) is 18.5 Å². The first-order valence-electron chi connectivity index (χ1n) is 7.38. The van der Waals surface area contributed by atoms with Crippen molar-refractivity contribution < 1.29 is 0 Å². The van der Waals surface area contributed by atoms with Gasteiger partial charge in [0, 0.05) is 12.1 Å². The van der Waals surface area contributed by atoms with E-state index in [4.69, 9.17) is 0 Å². The molecule has 4 heteroatoms. The lowest BCUT2D eigenvalue weighted by molar-refractivity contribution is 0.795. The molecule has 2 aromatic heterocycles. The predicted molar refractivity (Wildman–Crippen MR) is 90.3 cm³/mol. The molecule has 3 rings (SSSR count). The van der Waals surface area contributed by atoms with Gasteiger partial charge >= 0.3 is 0 Å². The average molecular weight is 346 g/mol. The topological polar surface area (TPSA) is 30.2 Å². The van der Waals surface area contributed by atoms with Crippen LogP contribution in [0.25, 0.3) is 11.2 Å². The third-order valence-corrected chi connectivity index (χ3v) is 4.78. The van der Waals surface area contributed by atoms with Gasteiger partial charge < -0.3 is 0 Å². The van der Waals surface area contributed by atoms with Crippen molar-refractivity contribution in [3.05, 3.63) is 46.6 Å². The van der Waals surface area contributed by atoms with E-state index in [0.29, 0.717) is 11.8 Å². The smallest absolute Gasteiger partial charge is 0.156 e. The molecule has 0 saturated heterocycles. The number of hydrogen-bond acceptors (Lipinski definition) is 2. The monoisotopic (exact) mass is 345 g/mol. The molecule has 1 aliphatic rings. The van der Waals surface area contributed by atoms with E-state index < -0.39 is 0 Å². The van der Waals surface area contributed by atoms with Crippen molar-refractivity contribution in [1.29, 1.82) is 0 Å². The number of allylic oxidation sites excluding steroid dienone is 3. The van der Waals surface area contributed by atoms with Crippen LogP contribution in [0.15, 0.2) is 35.2 Å². The molecule has 110 valence electrons. The van der Waals surface area contributed by atoms with Crippen LogP contribution < -0.4 is 0 Å². The van der Waals surface area contributed by atoms with Crippen LogP contribution in [0, 0.1) is 5.92 Å². The van der Waals surface area contributed by atoms with Gasteiger partial charge in [-0.25, -0.2) is 4.98 Å². The molecule has 0 atom stereocenters. The Kier molecular flexibility index (Phi) is 3.74. The number of rotatable bonds is 4. The Labute approximate surface area is 133 Å². The Hall–Kier alpha value is -1.42. The van der Waals surface area contributed by atoms with Gasteiger partial charge in [-0.2, -0.15) is 0 Å². The quantitative estimate of drug-likeness (QED) is 0.731. The lowest BCUT2D eigenvalue weighted by atomic mass is 10.0. The molecule has 2 heterocycles. The van der Waals surface area contributed by atoms with Crippen molar-refractivity contribution >= 4 is 27.2 Å². The van der Waals surface area contributed by atoms with Gasteiger partial charge in [-0.3, -0.25) is 9.38 Å². The highest BCUT2D eigenvalue weighted by molar-refractivity contribution is 9.10. The first-order valence-corrected chi connectivity index (χ1v) is 8.17. The lowest BCUT2D eigenvalue weighted by Crippen LogP contribution is -1.95. The minimum Gasteiger partial charge on any atom is -0.290 e. The molecule has 0 aromatic carbocycles. The fraction of sp³-hybridized carbons (Fsp3) is 0.412. The normalized spacial score (nSPS) is 16.0. The third kappa shape index (κ3) is 2.82. The maximum atomic E-state index is 4.68. The standard InChI is InChI=1S/C17H20BrN3/c1-10(2)11(3)7-12(4)14-9-21-15(8-19-14)20-16(17(21)18)13-5-6-13/h7-10,13H,3,5-6H2,1-2,4H3/b12-7+. The second kappa shape index (κ2) is 5.41. The van der Waals surface area contributed by atoms with Gasteiger partial charge in [0.1, 0.15) is 4.60 Å². The van der Waals surface area contributed by atoms with Crippen LogP contribution in [0.1, 0.15) is 50.9 Å². The van der Waals surface area contributed by atoms with E-state index in [2.05, 4.69) is 69.9 Å². The Morgan fingerprint density at radius 2 is 2.19 bits per heavy atom. The highest BCUT2D eigenvalue weighted by atomic mass is 79.9. The van der Waals surface area contributed by atoms with Gasteiger partial charge in [0.05, 0.1) is 17.6 Å². The van der Waals surface area contributed by atoms with Gasteiger partial charge in [-0.05, 0) is 47.2 Å². The number of hydrogen-bond donors (Lipinski definition) is 0. The van der Waals surface area contributed by atoms with E-state index in [9.17, 15) is 0 Å². The van der Waals surface area contributed by atoms with Gasteiger partial charge in [0.2, 0.25) is 0 Å². The number of aromatic nitrogens is 3. The molecule has 21 heavy (non-hydrogen) atoms. The summed E-state index contributed by atoms with van der Waals surface area (Å²) in [4.78, 5) is 9.22. The minimum atomic E-state index is 0.449. The van der Waals surface area contributed by atoms with Crippen LogP contribution in [0.4, 0.5) is 0 Å². The maximum absolute atomic E-state index is 4.68. The maximum Gasteiger partial charge on any atom is 0.156 e. The number of nitrogens with zero attached hydrogens (tertiary/aromatic N) is 3. The molecule has 3 nitrogen and oxygen atoms in total. The number of halogens is 1. The van der Waals surface area contributed by atoms with Crippen molar-refractivity contribution in [2.24, 2.45) is 5.92 Å². The molecular formula is C17H20BrN3. The fourth-order valence-corrected chi connectivity index (χ4v) is 2.98. The van der Waals surface area contributed by atoms with E-state index in [1.807, 2.05) is 6.20 Å². The van der Waals surface area contributed by atoms with Crippen LogP contribution in [-0.2, 0) is 0 Å². The summed E-state index contributed by atoms with van der Waals surface area (Å²) in [7, 11) is 0. The van der Waals surface area contributed by atoms with Crippen LogP contribution >= 0.6 is 15.9 Å². The molecule has 0 bridgehead atoms. The first kappa shape index (κ1) is 14.5. The van der Waals surface area contributed by atoms with E-state index >= 15 is 0 Å². The zero-order valence-corrected chi connectivity index (χ0v) is 14.3. The first-order chi connectivity index (χ1) is 9.97. The molecule has 0 aliphatic heterocycles. The van der Waals surface area contributed by atoms with E-state index in [0.717, 1.165) is 27.1 Å². The van der Waals surface area contributed by atoms with E-state index in [-0.39, 0.29) is 0 Å². The largest absolute Gasteiger partial charge is 0.290 e. The van der Waals surface area contributed by atoms with Crippen LogP contribution in [0.2, 0.25) is 0 Å². The van der Waals surface area contributed by atoms with Gasteiger partial charge in [-0.15, -0.1) is 0 Å². The van der Waals surface area contributed by atoms with Crippen molar-refractivity contribution in [2.75, 3.05) is 0 Å². The molecule has 0 unspecified atom stereocenters. The highest BCUT2D eigenvalue weighted by Gasteiger charge is 2.29. The Morgan fingerprint density at radius 3 is 2.81 bits per heavy atom. The van der Waals surface area contributed by atoms with E-state index in [1.54, 1.807) is 0 Å². The summed E-state index contributed by atoms with van der Waals surface area (Å²) in [5.41, 5.74) is 5.29. The van der Waals surface area contributed by atoms with Crippen molar-refractivity contribution in [1.82, 2.24) is 14.4 Å². The van der Waals surface area contributed by atoms with Crippen LogP contribution in [-0.4, -0.2) is 14.4 Å².